The lowest BCUT2D eigenvalue weighted by atomic mass is 9.87. The maximum atomic E-state index is 14.9. The number of aryl methyl sites for hydroxylation is 1. The number of benzene rings is 1. The molecule has 4 aliphatic carbocycles. The van der Waals surface area contributed by atoms with E-state index in [0.29, 0.717) is 43.9 Å². The molecule has 0 bridgehead atoms. The number of hydrogen-bond donors (Lipinski definition) is 2. The second-order valence-corrected chi connectivity index (χ2v) is 20.8. The average Bonchev–Trinajstić information content (AvgIpc) is 4.16. The van der Waals surface area contributed by atoms with Gasteiger partial charge in [-0.15, -0.1) is 0 Å². The van der Waals surface area contributed by atoms with Crippen molar-refractivity contribution in [1.82, 2.24) is 19.9 Å². The van der Waals surface area contributed by atoms with Crippen LogP contribution in [0.15, 0.2) is 30.4 Å². The molecule has 5 fully saturated rings. The van der Waals surface area contributed by atoms with Crippen LogP contribution in [0.5, 0.6) is 11.5 Å². The van der Waals surface area contributed by atoms with Gasteiger partial charge in [0.2, 0.25) is 28.7 Å². The Kier molecular flexibility index (Phi) is 10.4. The van der Waals surface area contributed by atoms with Crippen LogP contribution in [0.4, 0.5) is 17.6 Å². The summed E-state index contributed by atoms with van der Waals surface area (Å²) in [6, 6.07) is 2.64. The zero-order valence-electron chi connectivity index (χ0n) is 33.9. The first-order chi connectivity index (χ1) is 28.9. The number of fused-ring (bicyclic) bond motifs is 6. The number of allylic oxidation sites excluding steroid dienone is 1. The van der Waals surface area contributed by atoms with Crippen molar-refractivity contribution < 1.29 is 59.4 Å². The second kappa shape index (κ2) is 15.1. The number of aromatic nitrogens is 1. The number of ether oxygens (including phenoxy) is 3. The molecule has 9 rings (SSSR count). The van der Waals surface area contributed by atoms with Gasteiger partial charge in [0.1, 0.15) is 29.0 Å². The highest BCUT2D eigenvalue weighted by Gasteiger charge is 2.64. The van der Waals surface area contributed by atoms with Gasteiger partial charge in [-0.25, -0.2) is 17.8 Å². The molecule has 8 atom stereocenters. The molecular weight excluding hydrogens is 825 g/mol. The van der Waals surface area contributed by atoms with Crippen molar-refractivity contribution in [3.63, 3.8) is 0 Å². The van der Waals surface area contributed by atoms with E-state index >= 15 is 0 Å². The van der Waals surface area contributed by atoms with Crippen LogP contribution in [0.1, 0.15) is 108 Å². The zero-order valence-corrected chi connectivity index (χ0v) is 34.7. The monoisotopic (exact) mass is 874 g/mol. The summed E-state index contributed by atoms with van der Waals surface area (Å²) in [5.41, 5.74) is -4.37. The number of hydrogen-bond acceptors (Lipinski definition) is 10. The van der Waals surface area contributed by atoms with Crippen LogP contribution in [-0.2, 0) is 46.5 Å². The first kappa shape index (κ1) is 41.9. The van der Waals surface area contributed by atoms with Gasteiger partial charge in [0, 0.05) is 29.2 Å². The molecule has 13 nitrogen and oxygen atoms in total. The maximum Gasteiger partial charge on any atom is 0.437 e. The lowest BCUT2D eigenvalue weighted by molar-refractivity contribution is -0.154. The molecule has 18 heteroatoms. The van der Waals surface area contributed by atoms with Crippen molar-refractivity contribution in [3.05, 3.63) is 41.6 Å². The van der Waals surface area contributed by atoms with E-state index < -0.39 is 92.0 Å². The lowest BCUT2D eigenvalue weighted by Crippen LogP contribution is -2.57. The third-order valence-corrected chi connectivity index (χ3v) is 16.4. The van der Waals surface area contributed by atoms with Gasteiger partial charge in [-0.05, 0) is 108 Å². The Morgan fingerprint density at radius 3 is 2.56 bits per heavy atom. The number of nitrogens with one attached hydrogen (secondary N) is 2. The highest BCUT2D eigenvalue weighted by molar-refractivity contribution is 7.91. The van der Waals surface area contributed by atoms with Gasteiger partial charge >= 0.3 is 12.1 Å². The fourth-order valence-corrected chi connectivity index (χ4v) is 11.5. The third-order valence-electron chi connectivity index (χ3n) is 14.3. The van der Waals surface area contributed by atoms with Crippen LogP contribution in [-0.4, -0.2) is 83.4 Å². The number of rotatable bonds is 8. The van der Waals surface area contributed by atoms with Crippen LogP contribution >= 0.6 is 0 Å². The molecule has 1 spiro atoms. The SMILES string of the molecule is CC1(S(=O)(=O)NC(=O)[C@@]23C[C@H]2/C=C\CCCCC[C@H](CC(=O)OC2C[C@@H]4C[C@@H]4C2)C(=O)N2C[C@@]4(CCc5c(c(C(F)(F)F)nc6ccc(OCF)cc56)O4)C[C@H]2C(=O)N3)CC1. The molecule has 1 unspecified atom stereocenters. The third kappa shape index (κ3) is 7.94. The maximum absolute atomic E-state index is 14.9. The number of halogens is 4. The summed E-state index contributed by atoms with van der Waals surface area (Å²) >= 11 is 0. The first-order valence-electron chi connectivity index (χ1n) is 21.4. The molecule has 1 aromatic heterocycles. The summed E-state index contributed by atoms with van der Waals surface area (Å²) in [5, 5.41) is 3.07. The Balaban J connectivity index is 1.06. The Hall–Kier alpha value is -4.48. The molecule has 3 aliphatic heterocycles. The van der Waals surface area contributed by atoms with E-state index in [9.17, 15) is 45.2 Å². The number of sulfonamides is 1. The predicted molar refractivity (Wildman–Crippen MR) is 210 cm³/mol. The summed E-state index contributed by atoms with van der Waals surface area (Å²) in [6.07, 6.45) is 4.44. The van der Waals surface area contributed by atoms with Crippen molar-refractivity contribution in [2.24, 2.45) is 23.7 Å². The van der Waals surface area contributed by atoms with Gasteiger partial charge in [-0.2, -0.15) is 13.2 Å². The molecule has 4 heterocycles. The lowest BCUT2D eigenvalue weighted by Gasteiger charge is -2.37. The van der Waals surface area contributed by atoms with Crippen LogP contribution in [0.3, 0.4) is 0 Å². The number of esters is 1. The summed E-state index contributed by atoms with van der Waals surface area (Å²) in [7, 11) is -4.10. The summed E-state index contributed by atoms with van der Waals surface area (Å²) in [5.74, 6) is -3.69. The van der Waals surface area contributed by atoms with Gasteiger partial charge in [-0.3, -0.25) is 23.9 Å². The Labute approximate surface area is 350 Å². The normalized spacial score (nSPS) is 33.4. The minimum absolute atomic E-state index is 0.00184. The Morgan fingerprint density at radius 1 is 1.07 bits per heavy atom. The molecule has 1 aromatic carbocycles. The first-order valence-corrected chi connectivity index (χ1v) is 22.9. The standard InChI is InChI=1S/C43H50F4N4O9S/c1-40(13-14-40)61(56,57)50-39(55)42-20-27(42)8-6-4-2-3-5-7-24(18-34(52)59-29-16-25-15-26(25)17-29)38(54)51-22-41(21-33(51)37(53)49-42)12-11-30-31-19-28(58-23-44)9-10-32(31)48-36(35(30)60-41)43(45,46)47/h6,8-10,19,24-27,29,33H,2-5,7,11-18,20-23H2,1H3,(H,49,53)(H,50,55)/b8-6-/t24-,25-,26+,27-,29?,33+,41-,42-/m1/s1. The number of pyridine rings is 1. The molecule has 61 heavy (non-hydrogen) atoms. The minimum Gasteiger partial charge on any atom is -0.483 e. The van der Waals surface area contributed by atoms with Crippen LogP contribution in [0.2, 0.25) is 0 Å². The molecule has 3 amide bonds. The molecule has 0 radical (unpaired) electrons. The Morgan fingerprint density at radius 2 is 1.84 bits per heavy atom. The highest BCUT2D eigenvalue weighted by atomic mass is 32.2. The number of carbonyl (C=O) groups excluding carboxylic acids is 4. The van der Waals surface area contributed by atoms with Gasteiger partial charge in [0.15, 0.2) is 11.4 Å². The molecule has 1 saturated heterocycles. The van der Waals surface area contributed by atoms with Gasteiger partial charge < -0.3 is 24.4 Å². The van der Waals surface area contributed by atoms with Gasteiger partial charge in [0.05, 0.1) is 23.2 Å². The quantitative estimate of drug-likeness (QED) is 0.183. The number of carbonyl (C=O) groups is 4. The van der Waals surface area contributed by atoms with E-state index in [1.165, 1.54) is 30.0 Å². The molecule has 330 valence electrons. The van der Waals surface area contributed by atoms with Gasteiger partial charge in [-0.1, -0.05) is 25.0 Å². The van der Waals surface area contributed by atoms with E-state index in [1.54, 1.807) is 6.08 Å². The summed E-state index contributed by atoms with van der Waals surface area (Å²) in [6.45, 7) is 0.0473. The number of nitrogens with zero attached hydrogens (tertiary/aromatic N) is 2. The van der Waals surface area contributed by atoms with Crippen molar-refractivity contribution in [2.75, 3.05) is 13.4 Å². The van der Waals surface area contributed by atoms with Crippen molar-refractivity contribution in [3.8, 4) is 11.5 Å². The topological polar surface area (TPSA) is 170 Å². The van der Waals surface area contributed by atoms with E-state index in [0.717, 1.165) is 25.7 Å². The fourth-order valence-electron chi connectivity index (χ4n) is 10.2. The molecule has 4 saturated carbocycles. The highest BCUT2D eigenvalue weighted by Crippen LogP contribution is 2.53. The van der Waals surface area contributed by atoms with E-state index in [2.05, 4.69) is 15.0 Å². The molecule has 2 N–H and O–H groups in total. The van der Waals surface area contributed by atoms with Crippen molar-refractivity contribution in [2.45, 2.75) is 137 Å². The van der Waals surface area contributed by atoms with Crippen LogP contribution < -0.4 is 19.5 Å². The van der Waals surface area contributed by atoms with Crippen LogP contribution in [0, 0.1) is 23.7 Å². The Bertz CT molecular complexity index is 2290. The second-order valence-electron chi connectivity index (χ2n) is 18.6. The van der Waals surface area contributed by atoms with Crippen molar-refractivity contribution >= 4 is 44.6 Å². The molecular formula is C43H50F4N4O9S. The van der Waals surface area contributed by atoms with E-state index in [-0.39, 0.29) is 73.4 Å². The van der Waals surface area contributed by atoms with Crippen LogP contribution in [0.25, 0.3) is 10.9 Å². The minimum atomic E-state index is -4.97. The van der Waals surface area contributed by atoms with Gasteiger partial charge in [0.25, 0.3) is 5.91 Å². The number of amides is 3. The molecule has 2 aromatic rings. The predicted octanol–water partition coefficient (Wildman–Crippen LogP) is 5.97. The largest absolute Gasteiger partial charge is 0.483 e. The summed E-state index contributed by atoms with van der Waals surface area (Å²) in [4.78, 5) is 62.2. The van der Waals surface area contributed by atoms with E-state index in [4.69, 9.17) is 14.2 Å². The fraction of sp³-hybridized carbons (Fsp3) is 0.651. The molecule has 7 aliphatic rings. The van der Waals surface area contributed by atoms with E-state index in [1.807, 2.05) is 6.08 Å². The number of alkyl halides is 4. The average molecular weight is 875 g/mol. The summed E-state index contributed by atoms with van der Waals surface area (Å²) < 4.78 is 102. The van der Waals surface area contributed by atoms with Crippen molar-refractivity contribution in [1.29, 1.82) is 0 Å². The smallest absolute Gasteiger partial charge is 0.437 e. The zero-order chi connectivity index (χ0) is 43.1.